The number of nitrogens with zero attached hydrogens (tertiary/aromatic N) is 3. The molecule has 0 aliphatic rings. The van der Waals surface area contributed by atoms with Gasteiger partial charge in [-0.2, -0.15) is 4.98 Å². The first-order valence-electron chi connectivity index (χ1n) is 9.94. The molecular formula is C22H26N4O4S. The van der Waals surface area contributed by atoms with Crippen molar-refractivity contribution in [3.63, 3.8) is 0 Å². The molecule has 3 aromatic rings. The van der Waals surface area contributed by atoms with Crippen LogP contribution in [-0.4, -0.2) is 36.8 Å². The monoisotopic (exact) mass is 442 g/mol. The summed E-state index contributed by atoms with van der Waals surface area (Å²) < 4.78 is 31.1. The molecule has 0 aliphatic carbocycles. The lowest BCUT2D eigenvalue weighted by Crippen LogP contribution is -2.47. The Labute approximate surface area is 182 Å². The van der Waals surface area contributed by atoms with Crippen LogP contribution in [0.4, 0.5) is 5.69 Å². The second kappa shape index (κ2) is 9.30. The Morgan fingerprint density at radius 3 is 2.52 bits per heavy atom. The van der Waals surface area contributed by atoms with Gasteiger partial charge >= 0.3 is 0 Å². The summed E-state index contributed by atoms with van der Waals surface area (Å²) in [5, 5.41) is 6.62. The zero-order valence-corrected chi connectivity index (χ0v) is 18.8. The zero-order chi connectivity index (χ0) is 22.6. The maximum absolute atomic E-state index is 12.7. The number of carbonyl (C=O) groups is 1. The van der Waals surface area contributed by atoms with Gasteiger partial charge in [0.05, 0.1) is 18.5 Å². The van der Waals surface area contributed by atoms with Crippen molar-refractivity contribution in [2.24, 2.45) is 0 Å². The third-order valence-corrected chi connectivity index (χ3v) is 6.09. The van der Waals surface area contributed by atoms with Gasteiger partial charge in [-0.3, -0.25) is 9.10 Å². The van der Waals surface area contributed by atoms with Gasteiger partial charge in [-0.05, 0) is 44.0 Å². The van der Waals surface area contributed by atoms with Crippen molar-refractivity contribution in [2.75, 3.05) is 10.6 Å². The molecule has 1 N–H and O–H groups in total. The van der Waals surface area contributed by atoms with E-state index < -0.39 is 22.0 Å². The summed E-state index contributed by atoms with van der Waals surface area (Å²) in [7, 11) is -3.68. The first-order chi connectivity index (χ1) is 14.7. The second-order valence-corrected chi connectivity index (χ2v) is 9.21. The number of hydrogen-bond donors (Lipinski definition) is 1. The van der Waals surface area contributed by atoms with E-state index in [0.717, 1.165) is 33.7 Å². The summed E-state index contributed by atoms with van der Waals surface area (Å²) >= 11 is 0. The highest BCUT2D eigenvalue weighted by atomic mass is 32.2. The lowest BCUT2D eigenvalue weighted by atomic mass is 10.1. The molecule has 0 spiro atoms. The first-order valence-corrected chi connectivity index (χ1v) is 11.8. The van der Waals surface area contributed by atoms with E-state index in [1.54, 1.807) is 12.1 Å². The minimum absolute atomic E-state index is 0.00559. The van der Waals surface area contributed by atoms with Crippen LogP contribution in [0.3, 0.4) is 0 Å². The Balaban J connectivity index is 1.71. The maximum Gasteiger partial charge on any atom is 0.246 e. The number of sulfonamides is 1. The van der Waals surface area contributed by atoms with Gasteiger partial charge in [-0.25, -0.2) is 8.42 Å². The molecule has 0 saturated carbocycles. The molecule has 0 saturated heterocycles. The third-order valence-electron chi connectivity index (χ3n) is 4.85. The Bertz CT molecular complexity index is 1160. The van der Waals surface area contributed by atoms with Gasteiger partial charge in [0.25, 0.3) is 0 Å². The van der Waals surface area contributed by atoms with Gasteiger partial charge in [0.15, 0.2) is 0 Å². The van der Waals surface area contributed by atoms with Crippen molar-refractivity contribution < 1.29 is 17.7 Å². The summed E-state index contributed by atoms with van der Waals surface area (Å²) in [6, 6.07) is 13.8. The van der Waals surface area contributed by atoms with E-state index in [4.69, 9.17) is 4.52 Å². The highest BCUT2D eigenvalue weighted by Crippen LogP contribution is 2.22. The van der Waals surface area contributed by atoms with Gasteiger partial charge in [-0.15, -0.1) is 0 Å². The molecule has 9 heteroatoms. The van der Waals surface area contributed by atoms with E-state index in [0.29, 0.717) is 11.5 Å². The summed E-state index contributed by atoms with van der Waals surface area (Å²) in [4.78, 5) is 17.0. The minimum Gasteiger partial charge on any atom is -0.345 e. The number of rotatable bonds is 8. The van der Waals surface area contributed by atoms with Gasteiger partial charge in [-0.1, -0.05) is 48.0 Å². The molecule has 1 heterocycles. The number of benzene rings is 2. The molecule has 0 aliphatic heterocycles. The summed E-state index contributed by atoms with van der Waals surface area (Å²) in [5.41, 5.74) is 3.39. The lowest BCUT2D eigenvalue weighted by molar-refractivity contribution is -0.122. The van der Waals surface area contributed by atoms with Gasteiger partial charge in [0, 0.05) is 5.56 Å². The largest absolute Gasteiger partial charge is 0.345 e. The topological polar surface area (TPSA) is 105 Å². The van der Waals surface area contributed by atoms with Crippen LogP contribution < -0.4 is 9.62 Å². The van der Waals surface area contributed by atoms with Crippen molar-refractivity contribution in [3.8, 4) is 11.4 Å². The lowest BCUT2D eigenvalue weighted by Gasteiger charge is -2.28. The predicted octanol–water partition coefficient (Wildman–Crippen LogP) is 3.08. The van der Waals surface area contributed by atoms with E-state index >= 15 is 0 Å². The molecule has 1 unspecified atom stereocenters. The number of aromatic nitrogens is 2. The van der Waals surface area contributed by atoms with Crippen LogP contribution in [0.2, 0.25) is 0 Å². The van der Waals surface area contributed by atoms with Gasteiger partial charge in [0.2, 0.25) is 27.6 Å². The summed E-state index contributed by atoms with van der Waals surface area (Å²) in [5.74, 6) is 0.185. The average molecular weight is 443 g/mol. The number of aryl methyl sites for hydroxylation is 2. The minimum atomic E-state index is -3.68. The highest BCUT2D eigenvalue weighted by molar-refractivity contribution is 7.92. The van der Waals surface area contributed by atoms with Crippen LogP contribution >= 0.6 is 0 Å². The normalized spacial score (nSPS) is 12.4. The molecule has 2 aromatic carbocycles. The van der Waals surface area contributed by atoms with Crippen molar-refractivity contribution in [2.45, 2.75) is 39.8 Å². The Kier molecular flexibility index (Phi) is 6.74. The molecule has 1 amide bonds. The van der Waals surface area contributed by atoms with Crippen LogP contribution in [0, 0.1) is 6.92 Å². The van der Waals surface area contributed by atoms with Crippen molar-refractivity contribution in [1.29, 1.82) is 0 Å². The van der Waals surface area contributed by atoms with Crippen molar-refractivity contribution in [1.82, 2.24) is 15.5 Å². The van der Waals surface area contributed by atoms with Crippen molar-refractivity contribution >= 4 is 21.6 Å². The molecule has 1 atom stereocenters. The van der Waals surface area contributed by atoms with E-state index in [2.05, 4.69) is 15.5 Å². The Morgan fingerprint density at radius 1 is 1.19 bits per heavy atom. The highest BCUT2D eigenvalue weighted by Gasteiger charge is 2.29. The number of nitrogens with one attached hydrogen (secondary N) is 1. The third kappa shape index (κ3) is 5.49. The molecule has 1 aromatic heterocycles. The van der Waals surface area contributed by atoms with Crippen LogP contribution in [0.15, 0.2) is 53.1 Å². The number of hydrogen-bond acceptors (Lipinski definition) is 6. The summed E-state index contributed by atoms with van der Waals surface area (Å²) in [6.45, 7) is 5.52. The van der Waals surface area contributed by atoms with Gasteiger partial charge < -0.3 is 9.84 Å². The van der Waals surface area contributed by atoms with E-state index in [9.17, 15) is 13.2 Å². The molecule has 3 rings (SSSR count). The molecule has 0 radical (unpaired) electrons. The first kappa shape index (κ1) is 22.5. The molecule has 0 fully saturated rings. The fourth-order valence-corrected chi connectivity index (χ4v) is 4.40. The van der Waals surface area contributed by atoms with Crippen LogP contribution in [-0.2, 0) is 27.8 Å². The van der Waals surface area contributed by atoms with Crippen LogP contribution in [0.25, 0.3) is 11.4 Å². The van der Waals surface area contributed by atoms with Crippen LogP contribution in [0.1, 0.15) is 30.9 Å². The average Bonchev–Trinajstić information content (AvgIpc) is 3.20. The molecule has 31 heavy (non-hydrogen) atoms. The molecule has 164 valence electrons. The maximum atomic E-state index is 12.7. The molecular weight excluding hydrogens is 416 g/mol. The fraction of sp³-hybridized carbons (Fsp3) is 0.318. The Morgan fingerprint density at radius 2 is 1.90 bits per heavy atom. The standard InChI is InChI=1S/C22H26N4O4S/c1-5-17-9-11-19(12-10-17)26(31(4,28)29)16(3)22(27)23-14-20-24-21(25-30-20)18-8-6-7-15(2)13-18/h6-13,16H,5,14H2,1-4H3,(H,23,27). The summed E-state index contributed by atoms with van der Waals surface area (Å²) in [6.07, 6.45) is 1.92. The van der Waals surface area contributed by atoms with Crippen LogP contribution in [0.5, 0.6) is 0 Å². The van der Waals surface area contributed by atoms with Gasteiger partial charge in [0.1, 0.15) is 6.04 Å². The van der Waals surface area contributed by atoms with E-state index in [1.807, 2.05) is 50.2 Å². The quantitative estimate of drug-likeness (QED) is 0.575. The number of amides is 1. The zero-order valence-electron chi connectivity index (χ0n) is 18.0. The Hall–Kier alpha value is -3.20. The second-order valence-electron chi connectivity index (χ2n) is 7.35. The molecule has 0 bridgehead atoms. The number of carbonyl (C=O) groups excluding carboxylic acids is 1. The predicted molar refractivity (Wildman–Crippen MR) is 119 cm³/mol. The molecule has 8 nitrogen and oxygen atoms in total. The fourth-order valence-electron chi connectivity index (χ4n) is 3.23. The van der Waals surface area contributed by atoms with E-state index in [-0.39, 0.29) is 12.4 Å². The smallest absolute Gasteiger partial charge is 0.246 e. The SMILES string of the molecule is CCc1ccc(N(C(C)C(=O)NCc2nc(-c3cccc(C)c3)no2)S(C)(=O)=O)cc1. The van der Waals surface area contributed by atoms with E-state index in [1.165, 1.54) is 6.92 Å². The van der Waals surface area contributed by atoms with Crippen molar-refractivity contribution in [3.05, 3.63) is 65.5 Å². The number of anilines is 1.